The van der Waals surface area contributed by atoms with Gasteiger partial charge >= 0.3 is 0 Å². The fraction of sp³-hybridized carbons (Fsp3) is 0.333. The van der Waals surface area contributed by atoms with Gasteiger partial charge in [0.1, 0.15) is 0 Å². The molecule has 0 bridgehead atoms. The summed E-state index contributed by atoms with van der Waals surface area (Å²) in [6.07, 6.45) is 3.39. The molecule has 2 aromatic rings. The zero-order valence-electron chi connectivity index (χ0n) is 12.4. The maximum absolute atomic E-state index is 5.35. The second-order valence-corrected chi connectivity index (χ2v) is 4.92. The number of nitrogens with one attached hydrogen (secondary N) is 1. The SMILES string of the molecule is Cc1cc(NN=Cc2ccccn2)nc(N2CCOCC2)n1. The number of hydrazone groups is 1. The number of hydrogen-bond acceptors (Lipinski definition) is 7. The molecule has 0 atom stereocenters. The Labute approximate surface area is 129 Å². The van der Waals surface area contributed by atoms with Crippen molar-refractivity contribution in [3.05, 3.63) is 41.9 Å². The Morgan fingerprint density at radius 1 is 1.27 bits per heavy atom. The van der Waals surface area contributed by atoms with Crippen LogP contribution in [0.25, 0.3) is 0 Å². The number of aromatic nitrogens is 3. The predicted molar refractivity (Wildman–Crippen MR) is 85.3 cm³/mol. The second-order valence-electron chi connectivity index (χ2n) is 4.92. The first-order chi connectivity index (χ1) is 10.8. The minimum atomic E-state index is 0.668. The molecule has 7 heteroatoms. The molecule has 3 rings (SSSR count). The highest BCUT2D eigenvalue weighted by Gasteiger charge is 2.14. The largest absolute Gasteiger partial charge is 0.378 e. The Morgan fingerprint density at radius 2 is 2.14 bits per heavy atom. The molecule has 22 heavy (non-hydrogen) atoms. The van der Waals surface area contributed by atoms with Gasteiger partial charge in [0.2, 0.25) is 5.95 Å². The maximum Gasteiger partial charge on any atom is 0.227 e. The normalized spacial score (nSPS) is 15.2. The highest BCUT2D eigenvalue weighted by Crippen LogP contribution is 2.14. The second kappa shape index (κ2) is 6.95. The summed E-state index contributed by atoms with van der Waals surface area (Å²) in [6, 6.07) is 7.53. The van der Waals surface area contributed by atoms with Crippen LogP contribution in [0.2, 0.25) is 0 Å². The van der Waals surface area contributed by atoms with Crippen molar-refractivity contribution < 1.29 is 4.74 Å². The quantitative estimate of drug-likeness (QED) is 0.680. The molecule has 3 heterocycles. The Morgan fingerprint density at radius 3 is 2.91 bits per heavy atom. The molecule has 1 aliphatic rings. The van der Waals surface area contributed by atoms with Crippen molar-refractivity contribution >= 4 is 18.0 Å². The Bertz CT molecular complexity index is 640. The van der Waals surface area contributed by atoms with Gasteiger partial charge in [-0.2, -0.15) is 10.1 Å². The molecule has 0 saturated carbocycles. The molecule has 1 aliphatic heterocycles. The molecular formula is C15H18N6O. The van der Waals surface area contributed by atoms with Crippen molar-refractivity contribution in [2.45, 2.75) is 6.92 Å². The van der Waals surface area contributed by atoms with Gasteiger partial charge in [-0.1, -0.05) is 6.07 Å². The molecule has 7 nitrogen and oxygen atoms in total. The number of rotatable bonds is 4. The van der Waals surface area contributed by atoms with Gasteiger partial charge in [0, 0.05) is 31.0 Å². The van der Waals surface area contributed by atoms with Gasteiger partial charge in [-0.25, -0.2) is 4.98 Å². The summed E-state index contributed by atoms with van der Waals surface area (Å²) < 4.78 is 5.35. The number of hydrogen-bond donors (Lipinski definition) is 1. The van der Waals surface area contributed by atoms with Crippen LogP contribution in [-0.2, 0) is 4.74 Å². The highest BCUT2D eigenvalue weighted by molar-refractivity contribution is 5.77. The van der Waals surface area contributed by atoms with E-state index in [1.807, 2.05) is 31.2 Å². The smallest absolute Gasteiger partial charge is 0.227 e. The molecule has 1 saturated heterocycles. The number of anilines is 2. The monoisotopic (exact) mass is 298 g/mol. The van der Waals surface area contributed by atoms with Gasteiger partial charge in [0.15, 0.2) is 5.82 Å². The number of aryl methyl sites for hydroxylation is 1. The van der Waals surface area contributed by atoms with Gasteiger partial charge < -0.3 is 9.64 Å². The zero-order chi connectivity index (χ0) is 15.2. The number of nitrogens with zero attached hydrogens (tertiary/aromatic N) is 5. The first-order valence-corrected chi connectivity index (χ1v) is 7.20. The lowest BCUT2D eigenvalue weighted by molar-refractivity contribution is 0.122. The predicted octanol–water partition coefficient (Wildman–Crippen LogP) is 1.46. The average molecular weight is 298 g/mol. The summed E-state index contributed by atoms with van der Waals surface area (Å²) in [5.74, 6) is 1.38. The highest BCUT2D eigenvalue weighted by atomic mass is 16.5. The average Bonchev–Trinajstić information content (AvgIpc) is 2.56. The summed E-state index contributed by atoms with van der Waals surface area (Å²) in [4.78, 5) is 15.3. The number of pyridine rings is 1. The molecule has 0 radical (unpaired) electrons. The van der Waals surface area contributed by atoms with Crippen LogP contribution in [-0.4, -0.2) is 47.5 Å². The molecule has 114 valence electrons. The van der Waals surface area contributed by atoms with Gasteiger partial charge in [0.05, 0.1) is 25.1 Å². The Kier molecular flexibility index (Phi) is 4.55. The Hall–Kier alpha value is -2.54. The summed E-state index contributed by atoms with van der Waals surface area (Å²) in [6.45, 7) is 4.97. The van der Waals surface area contributed by atoms with E-state index in [4.69, 9.17) is 4.74 Å². The van der Waals surface area contributed by atoms with Gasteiger partial charge in [0.25, 0.3) is 0 Å². The summed E-state index contributed by atoms with van der Waals surface area (Å²) in [7, 11) is 0. The van der Waals surface area contributed by atoms with Crippen molar-refractivity contribution in [1.29, 1.82) is 0 Å². The van der Waals surface area contributed by atoms with Crippen molar-refractivity contribution in [2.75, 3.05) is 36.6 Å². The number of morpholine rings is 1. The molecular weight excluding hydrogens is 280 g/mol. The molecule has 1 fully saturated rings. The van der Waals surface area contributed by atoms with E-state index in [9.17, 15) is 0 Å². The van der Waals surface area contributed by atoms with Crippen LogP contribution in [0.3, 0.4) is 0 Å². The lowest BCUT2D eigenvalue weighted by Crippen LogP contribution is -2.37. The topological polar surface area (TPSA) is 75.5 Å². The third-order valence-corrected chi connectivity index (χ3v) is 3.20. The standard InChI is InChI=1S/C15H18N6O/c1-12-10-14(20-17-11-13-4-2-3-5-16-13)19-15(18-12)21-6-8-22-9-7-21/h2-5,10-11H,6-9H2,1H3,(H,18,19,20). The first-order valence-electron chi connectivity index (χ1n) is 7.20. The van der Waals surface area contributed by atoms with Crippen molar-refractivity contribution in [3.8, 4) is 0 Å². The molecule has 1 N–H and O–H groups in total. The van der Waals surface area contributed by atoms with E-state index in [-0.39, 0.29) is 0 Å². The van der Waals surface area contributed by atoms with Crippen molar-refractivity contribution in [1.82, 2.24) is 15.0 Å². The van der Waals surface area contributed by atoms with E-state index < -0.39 is 0 Å². The van der Waals surface area contributed by atoms with E-state index in [2.05, 4.69) is 30.4 Å². The van der Waals surface area contributed by atoms with Crippen LogP contribution >= 0.6 is 0 Å². The van der Waals surface area contributed by atoms with E-state index >= 15 is 0 Å². The Balaban J connectivity index is 1.70. The number of ether oxygens (including phenoxy) is 1. The lowest BCUT2D eigenvalue weighted by Gasteiger charge is -2.27. The van der Waals surface area contributed by atoms with Crippen molar-refractivity contribution in [2.24, 2.45) is 5.10 Å². The third-order valence-electron chi connectivity index (χ3n) is 3.20. The first kappa shape index (κ1) is 14.4. The van der Waals surface area contributed by atoms with Crippen LogP contribution in [0.5, 0.6) is 0 Å². The fourth-order valence-corrected chi connectivity index (χ4v) is 2.13. The van der Waals surface area contributed by atoms with E-state index in [1.165, 1.54) is 0 Å². The molecule has 0 aliphatic carbocycles. The van der Waals surface area contributed by atoms with E-state index in [0.29, 0.717) is 25.0 Å². The van der Waals surface area contributed by atoms with Crippen LogP contribution in [0.4, 0.5) is 11.8 Å². The minimum absolute atomic E-state index is 0.668. The summed E-state index contributed by atoms with van der Waals surface area (Å²) in [5.41, 5.74) is 4.62. The minimum Gasteiger partial charge on any atom is -0.378 e. The third kappa shape index (κ3) is 3.76. The summed E-state index contributed by atoms with van der Waals surface area (Å²) >= 11 is 0. The molecule has 2 aromatic heterocycles. The van der Waals surface area contributed by atoms with Gasteiger partial charge in [-0.15, -0.1) is 0 Å². The molecule has 0 aromatic carbocycles. The van der Waals surface area contributed by atoms with Gasteiger partial charge in [-0.3, -0.25) is 10.4 Å². The van der Waals surface area contributed by atoms with Crippen LogP contribution < -0.4 is 10.3 Å². The maximum atomic E-state index is 5.35. The molecule has 0 amide bonds. The molecule has 0 spiro atoms. The van der Waals surface area contributed by atoms with E-state index in [1.54, 1.807) is 12.4 Å². The van der Waals surface area contributed by atoms with Crippen LogP contribution in [0.15, 0.2) is 35.6 Å². The van der Waals surface area contributed by atoms with Crippen LogP contribution in [0.1, 0.15) is 11.4 Å². The van der Waals surface area contributed by atoms with Crippen molar-refractivity contribution in [3.63, 3.8) is 0 Å². The van der Waals surface area contributed by atoms with Crippen LogP contribution in [0, 0.1) is 6.92 Å². The molecule has 0 unspecified atom stereocenters. The summed E-state index contributed by atoms with van der Waals surface area (Å²) in [5, 5.41) is 4.17. The van der Waals surface area contributed by atoms with E-state index in [0.717, 1.165) is 24.5 Å². The fourth-order valence-electron chi connectivity index (χ4n) is 2.13. The lowest BCUT2D eigenvalue weighted by atomic mass is 10.4. The zero-order valence-corrected chi connectivity index (χ0v) is 12.4. The van der Waals surface area contributed by atoms with Gasteiger partial charge in [-0.05, 0) is 19.1 Å².